The predicted molar refractivity (Wildman–Crippen MR) is 81.0 cm³/mol. The maximum absolute atomic E-state index is 10.3. The van der Waals surface area contributed by atoms with Crippen molar-refractivity contribution >= 4 is 17.3 Å². The van der Waals surface area contributed by atoms with Gasteiger partial charge in [0.1, 0.15) is 7.11 Å². The van der Waals surface area contributed by atoms with Crippen LogP contribution < -0.4 is 0 Å². The lowest BCUT2D eigenvalue weighted by Gasteiger charge is -2.13. The average molecular weight is 290 g/mol. The van der Waals surface area contributed by atoms with Crippen molar-refractivity contribution in [3.63, 3.8) is 0 Å². The zero-order valence-electron chi connectivity index (χ0n) is 11.2. The molecule has 0 aliphatic carbocycles. The van der Waals surface area contributed by atoms with Crippen molar-refractivity contribution in [3.05, 3.63) is 70.7 Å². The van der Waals surface area contributed by atoms with E-state index in [1.54, 1.807) is 12.1 Å². The third-order valence-electron chi connectivity index (χ3n) is 2.95. The van der Waals surface area contributed by atoms with Crippen LogP contribution in [0.25, 0.3) is 0 Å². The average Bonchev–Trinajstić information content (AvgIpc) is 2.48. The Morgan fingerprint density at radius 3 is 2.40 bits per heavy atom. The zero-order valence-corrected chi connectivity index (χ0v) is 11.9. The summed E-state index contributed by atoms with van der Waals surface area (Å²) in [5.41, 5.74) is 2.44. The first kappa shape index (κ1) is 14.6. The van der Waals surface area contributed by atoms with E-state index >= 15 is 0 Å². The van der Waals surface area contributed by atoms with E-state index in [1.807, 2.05) is 42.5 Å². The van der Waals surface area contributed by atoms with Gasteiger partial charge < -0.3 is 9.94 Å². The van der Waals surface area contributed by atoms with Crippen LogP contribution >= 0.6 is 11.6 Å². The standard InChI is InChI=1S/C16H16ClNO2/c1-20-18-15(12-5-3-2-4-6-12)11-16(19)13-7-9-14(17)10-8-13/h2-10,16,19H,11H2,1H3/b18-15-. The quantitative estimate of drug-likeness (QED) is 0.672. The summed E-state index contributed by atoms with van der Waals surface area (Å²) in [5, 5.41) is 14.9. The highest BCUT2D eigenvalue weighted by atomic mass is 35.5. The first-order valence-corrected chi connectivity index (χ1v) is 6.67. The summed E-state index contributed by atoms with van der Waals surface area (Å²) in [6.45, 7) is 0. The summed E-state index contributed by atoms with van der Waals surface area (Å²) in [6, 6.07) is 16.8. The van der Waals surface area contributed by atoms with Crippen molar-refractivity contribution in [3.8, 4) is 0 Å². The maximum Gasteiger partial charge on any atom is 0.106 e. The van der Waals surface area contributed by atoms with E-state index in [9.17, 15) is 5.11 Å². The lowest BCUT2D eigenvalue weighted by atomic mass is 10.00. The molecule has 0 amide bonds. The number of rotatable bonds is 5. The van der Waals surface area contributed by atoms with E-state index in [0.29, 0.717) is 17.2 Å². The Kier molecular flexibility index (Phi) is 5.16. The van der Waals surface area contributed by atoms with Crippen LogP contribution in [0.15, 0.2) is 59.8 Å². The summed E-state index contributed by atoms with van der Waals surface area (Å²) in [5.74, 6) is 0. The van der Waals surface area contributed by atoms with Gasteiger partial charge in [-0.25, -0.2) is 0 Å². The highest BCUT2D eigenvalue weighted by Gasteiger charge is 2.13. The molecule has 20 heavy (non-hydrogen) atoms. The molecule has 0 radical (unpaired) electrons. The fraction of sp³-hybridized carbons (Fsp3) is 0.188. The second-order valence-electron chi connectivity index (χ2n) is 4.36. The Labute approximate surface area is 123 Å². The molecule has 1 N–H and O–H groups in total. The predicted octanol–water partition coefficient (Wildman–Crippen LogP) is 3.81. The van der Waals surface area contributed by atoms with Gasteiger partial charge in [-0.2, -0.15) is 0 Å². The molecule has 1 atom stereocenters. The molecule has 0 aliphatic rings. The highest BCUT2D eigenvalue weighted by molar-refractivity contribution is 6.30. The lowest BCUT2D eigenvalue weighted by molar-refractivity contribution is 0.179. The van der Waals surface area contributed by atoms with Gasteiger partial charge in [0.25, 0.3) is 0 Å². The van der Waals surface area contributed by atoms with Gasteiger partial charge in [-0.1, -0.05) is 59.2 Å². The van der Waals surface area contributed by atoms with Gasteiger partial charge in [0, 0.05) is 11.4 Å². The number of hydrogen-bond acceptors (Lipinski definition) is 3. The molecular weight excluding hydrogens is 274 g/mol. The maximum atomic E-state index is 10.3. The fourth-order valence-corrected chi connectivity index (χ4v) is 2.06. The van der Waals surface area contributed by atoms with E-state index < -0.39 is 6.10 Å². The van der Waals surface area contributed by atoms with E-state index in [0.717, 1.165) is 11.1 Å². The molecule has 0 aromatic heterocycles. The molecule has 2 aromatic carbocycles. The lowest BCUT2D eigenvalue weighted by Crippen LogP contribution is -2.09. The minimum atomic E-state index is -0.652. The topological polar surface area (TPSA) is 41.8 Å². The van der Waals surface area contributed by atoms with Crippen molar-refractivity contribution in [2.24, 2.45) is 5.16 Å². The van der Waals surface area contributed by atoms with E-state index in [2.05, 4.69) is 5.16 Å². The first-order valence-electron chi connectivity index (χ1n) is 6.29. The molecule has 0 heterocycles. The number of nitrogens with zero attached hydrogens (tertiary/aromatic N) is 1. The molecule has 0 saturated carbocycles. The summed E-state index contributed by atoms with van der Waals surface area (Å²) < 4.78 is 0. The van der Waals surface area contributed by atoms with Crippen LogP contribution in [0, 0.1) is 0 Å². The molecule has 0 bridgehead atoms. The second-order valence-corrected chi connectivity index (χ2v) is 4.79. The third-order valence-corrected chi connectivity index (χ3v) is 3.20. The van der Waals surface area contributed by atoms with Crippen molar-refractivity contribution in [1.29, 1.82) is 0 Å². The normalized spacial score (nSPS) is 13.1. The molecule has 0 spiro atoms. The molecule has 0 aliphatic heterocycles. The van der Waals surface area contributed by atoms with Gasteiger partial charge in [0.15, 0.2) is 0 Å². The number of halogens is 1. The van der Waals surface area contributed by atoms with Crippen LogP contribution in [-0.4, -0.2) is 17.9 Å². The van der Waals surface area contributed by atoms with E-state index in [1.165, 1.54) is 7.11 Å². The molecule has 2 rings (SSSR count). The van der Waals surface area contributed by atoms with Gasteiger partial charge in [-0.05, 0) is 23.3 Å². The van der Waals surface area contributed by atoms with Crippen molar-refractivity contribution in [2.45, 2.75) is 12.5 Å². The monoisotopic (exact) mass is 289 g/mol. The fourth-order valence-electron chi connectivity index (χ4n) is 1.93. The van der Waals surface area contributed by atoms with Crippen LogP contribution in [0.4, 0.5) is 0 Å². The molecule has 2 aromatic rings. The molecule has 1 unspecified atom stereocenters. The van der Waals surface area contributed by atoms with Crippen molar-refractivity contribution in [2.75, 3.05) is 7.11 Å². The summed E-state index contributed by atoms with van der Waals surface area (Å²) >= 11 is 5.84. The minimum absolute atomic E-state index is 0.374. The Bertz CT molecular complexity index is 567. The van der Waals surface area contributed by atoms with E-state index in [4.69, 9.17) is 16.4 Å². The van der Waals surface area contributed by atoms with Crippen LogP contribution in [-0.2, 0) is 4.84 Å². The van der Waals surface area contributed by atoms with Crippen LogP contribution in [0.1, 0.15) is 23.7 Å². The molecule has 3 nitrogen and oxygen atoms in total. The second kappa shape index (κ2) is 7.08. The van der Waals surface area contributed by atoms with Gasteiger partial charge in [-0.15, -0.1) is 0 Å². The summed E-state index contributed by atoms with van der Waals surface area (Å²) in [7, 11) is 1.50. The van der Waals surface area contributed by atoms with Gasteiger partial charge in [0.05, 0.1) is 11.8 Å². The number of aliphatic hydroxyl groups is 1. The van der Waals surface area contributed by atoms with Crippen LogP contribution in [0.2, 0.25) is 5.02 Å². The Balaban J connectivity index is 2.17. The van der Waals surface area contributed by atoms with Crippen molar-refractivity contribution in [1.82, 2.24) is 0 Å². The molecule has 4 heteroatoms. The number of oxime groups is 1. The van der Waals surface area contributed by atoms with E-state index in [-0.39, 0.29) is 0 Å². The molecule has 0 saturated heterocycles. The first-order chi connectivity index (χ1) is 9.70. The number of hydrogen-bond donors (Lipinski definition) is 1. The van der Waals surface area contributed by atoms with Gasteiger partial charge >= 0.3 is 0 Å². The molecular formula is C16H16ClNO2. The summed E-state index contributed by atoms with van der Waals surface area (Å²) in [4.78, 5) is 4.87. The minimum Gasteiger partial charge on any atom is -0.399 e. The largest absolute Gasteiger partial charge is 0.399 e. The molecule has 104 valence electrons. The van der Waals surface area contributed by atoms with Gasteiger partial charge in [-0.3, -0.25) is 0 Å². The highest BCUT2D eigenvalue weighted by Crippen LogP contribution is 2.21. The molecule has 0 fully saturated rings. The van der Waals surface area contributed by atoms with Crippen LogP contribution in [0.5, 0.6) is 0 Å². The Morgan fingerprint density at radius 1 is 1.15 bits per heavy atom. The Morgan fingerprint density at radius 2 is 1.80 bits per heavy atom. The van der Waals surface area contributed by atoms with Crippen molar-refractivity contribution < 1.29 is 9.94 Å². The smallest absolute Gasteiger partial charge is 0.106 e. The number of aliphatic hydroxyl groups excluding tert-OH is 1. The summed E-state index contributed by atoms with van der Waals surface area (Å²) in [6.07, 6.45) is -0.277. The third kappa shape index (κ3) is 3.83. The van der Waals surface area contributed by atoms with Crippen LogP contribution in [0.3, 0.4) is 0 Å². The number of benzene rings is 2. The SMILES string of the molecule is CO/N=C(/CC(O)c1ccc(Cl)cc1)c1ccccc1. The van der Waals surface area contributed by atoms with Gasteiger partial charge in [0.2, 0.25) is 0 Å². The Hall–Kier alpha value is -1.84. The zero-order chi connectivity index (χ0) is 14.4.